The lowest BCUT2D eigenvalue weighted by Crippen LogP contribution is -2.35. The molecule has 1 heterocycles. The van der Waals surface area contributed by atoms with Crippen LogP contribution in [0, 0.1) is 0 Å². The molecular formula is C30H33Cl2N3O4. The van der Waals surface area contributed by atoms with Gasteiger partial charge in [-0.1, -0.05) is 84.9 Å². The molecule has 1 fully saturated rings. The second kappa shape index (κ2) is 15.3. The van der Waals surface area contributed by atoms with Crippen LogP contribution in [-0.2, 0) is 17.8 Å². The minimum absolute atomic E-state index is 0.0575. The Kier molecular flexibility index (Phi) is 11.8. The summed E-state index contributed by atoms with van der Waals surface area (Å²) in [4.78, 5) is 32.7. The summed E-state index contributed by atoms with van der Waals surface area (Å²) in [5, 5.41) is 15.3. The van der Waals surface area contributed by atoms with E-state index in [0.717, 1.165) is 23.1 Å². The highest BCUT2D eigenvalue weighted by molar-refractivity contribution is 6.35. The van der Waals surface area contributed by atoms with Gasteiger partial charge in [0.05, 0.1) is 11.6 Å². The molecule has 0 radical (unpaired) electrons. The molecule has 1 aliphatic heterocycles. The average molecular weight is 571 g/mol. The van der Waals surface area contributed by atoms with Crippen LogP contribution in [0.5, 0.6) is 0 Å². The fourth-order valence-electron chi connectivity index (χ4n) is 4.57. The molecule has 3 aromatic rings. The average Bonchev–Trinajstić information content (AvgIpc) is 2.93. The summed E-state index contributed by atoms with van der Waals surface area (Å²) in [7, 11) is 0. The number of hydrogen-bond donors (Lipinski definition) is 4. The molecular weight excluding hydrogens is 537 g/mol. The van der Waals surface area contributed by atoms with Gasteiger partial charge in [0.2, 0.25) is 6.41 Å². The number of nitrogens with one attached hydrogen (secondary N) is 2. The highest BCUT2D eigenvalue weighted by atomic mass is 35.5. The number of benzene rings is 3. The van der Waals surface area contributed by atoms with Gasteiger partial charge in [0, 0.05) is 28.2 Å². The molecule has 5 rings (SSSR count). The maximum atomic E-state index is 12.1. The first kappa shape index (κ1) is 30.2. The third-order valence-corrected chi connectivity index (χ3v) is 7.17. The zero-order valence-electron chi connectivity index (χ0n) is 21.5. The van der Waals surface area contributed by atoms with Gasteiger partial charge >= 0.3 is 5.97 Å². The number of nitrogens with two attached hydrogens (primary N) is 1. The molecule has 206 valence electrons. The van der Waals surface area contributed by atoms with Gasteiger partial charge in [0.25, 0.3) is 5.91 Å². The number of carboxylic acid groups (broad SMARTS) is 1. The number of hydrogen-bond acceptors (Lipinski definition) is 4. The van der Waals surface area contributed by atoms with Crippen LogP contribution in [0.3, 0.4) is 0 Å². The number of amides is 2. The van der Waals surface area contributed by atoms with E-state index >= 15 is 0 Å². The van der Waals surface area contributed by atoms with E-state index in [1.54, 1.807) is 30.3 Å². The first-order chi connectivity index (χ1) is 18.8. The zero-order valence-corrected chi connectivity index (χ0v) is 23.0. The quantitative estimate of drug-likeness (QED) is 0.284. The van der Waals surface area contributed by atoms with E-state index in [4.69, 9.17) is 34.0 Å². The molecule has 7 nitrogen and oxygen atoms in total. The summed E-state index contributed by atoms with van der Waals surface area (Å²) >= 11 is 12.1. The molecule has 39 heavy (non-hydrogen) atoms. The lowest BCUT2D eigenvalue weighted by atomic mass is 9.91. The molecule has 1 atom stereocenters. The van der Waals surface area contributed by atoms with Gasteiger partial charge in [0.1, 0.15) is 0 Å². The van der Waals surface area contributed by atoms with Gasteiger partial charge in [-0.2, -0.15) is 0 Å². The normalized spacial score (nSPS) is 16.3. The van der Waals surface area contributed by atoms with Crippen LogP contribution >= 0.6 is 23.2 Å². The highest BCUT2D eigenvalue weighted by Crippen LogP contribution is 2.31. The number of carboxylic acids is 1. The second-order valence-corrected chi connectivity index (χ2v) is 10.3. The number of rotatable bonds is 5. The van der Waals surface area contributed by atoms with Crippen molar-refractivity contribution in [2.45, 2.75) is 57.2 Å². The number of halogens is 2. The van der Waals surface area contributed by atoms with E-state index in [-0.39, 0.29) is 24.1 Å². The third kappa shape index (κ3) is 9.10. The van der Waals surface area contributed by atoms with Crippen molar-refractivity contribution in [1.82, 2.24) is 10.6 Å². The largest absolute Gasteiger partial charge is 0.478 e. The molecule has 5 N–H and O–H groups in total. The van der Waals surface area contributed by atoms with Crippen LogP contribution in [0.2, 0.25) is 10.0 Å². The summed E-state index contributed by atoms with van der Waals surface area (Å²) in [5.74, 6) is -1.04. The summed E-state index contributed by atoms with van der Waals surface area (Å²) in [5.41, 5.74) is 9.13. The Bertz CT molecular complexity index is 1280. The van der Waals surface area contributed by atoms with E-state index in [2.05, 4.69) is 10.6 Å². The molecule has 0 aromatic heterocycles. The first-order valence-electron chi connectivity index (χ1n) is 12.9. The topological polar surface area (TPSA) is 122 Å². The van der Waals surface area contributed by atoms with E-state index < -0.39 is 5.97 Å². The maximum Gasteiger partial charge on any atom is 0.336 e. The Morgan fingerprint density at radius 3 is 2.36 bits per heavy atom. The summed E-state index contributed by atoms with van der Waals surface area (Å²) < 4.78 is 0. The lowest BCUT2D eigenvalue weighted by molar-refractivity contribution is -0.109. The second-order valence-electron chi connectivity index (χ2n) is 9.41. The fourth-order valence-corrected chi connectivity index (χ4v) is 5.11. The van der Waals surface area contributed by atoms with Gasteiger partial charge in [-0.05, 0) is 60.2 Å². The van der Waals surface area contributed by atoms with Crippen molar-refractivity contribution in [2.24, 2.45) is 5.73 Å². The Hall–Kier alpha value is -3.39. The zero-order chi connectivity index (χ0) is 28.2. The highest BCUT2D eigenvalue weighted by Gasteiger charge is 2.26. The standard InChI is InChI=1S/C15H11Cl2NO.C9H9NO3.C6H13N/c16-10-5-6-12(13(17)8-10)14-7-9-3-1-2-4-11(9)15(19)18-14;11-6-10-5-7-3-1-2-4-8(7)9(12)13;7-6-4-2-1-3-5-6/h1-6,8,14H,7H2,(H,18,19);1-4,6H,5H2,(H,10,11)(H,12,13);6H,1-5,7H2. The van der Waals surface area contributed by atoms with Gasteiger partial charge in [-0.25, -0.2) is 4.79 Å². The van der Waals surface area contributed by atoms with Crippen LogP contribution < -0.4 is 16.4 Å². The van der Waals surface area contributed by atoms with Crippen molar-refractivity contribution >= 4 is 41.5 Å². The molecule has 9 heteroatoms. The van der Waals surface area contributed by atoms with Crippen molar-refractivity contribution in [3.8, 4) is 0 Å². The Morgan fingerprint density at radius 1 is 1.03 bits per heavy atom. The first-order valence-corrected chi connectivity index (χ1v) is 13.6. The lowest BCUT2D eigenvalue weighted by Gasteiger charge is -2.26. The summed E-state index contributed by atoms with van der Waals surface area (Å²) in [6, 6.07) is 20.0. The third-order valence-electron chi connectivity index (χ3n) is 6.60. The Labute approximate surface area is 238 Å². The summed E-state index contributed by atoms with van der Waals surface area (Å²) in [6.07, 6.45) is 7.94. The van der Waals surface area contributed by atoms with E-state index in [1.807, 2.05) is 30.3 Å². The maximum absolute atomic E-state index is 12.1. The van der Waals surface area contributed by atoms with Crippen molar-refractivity contribution in [2.75, 3.05) is 0 Å². The number of carbonyl (C=O) groups excluding carboxylic acids is 2. The number of aromatic carboxylic acids is 1. The van der Waals surface area contributed by atoms with Gasteiger partial charge < -0.3 is 21.5 Å². The monoisotopic (exact) mass is 569 g/mol. The van der Waals surface area contributed by atoms with E-state index in [9.17, 15) is 14.4 Å². The van der Waals surface area contributed by atoms with Crippen molar-refractivity contribution < 1.29 is 19.5 Å². The minimum Gasteiger partial charge on any atom is -0.478 e. The molecule has 3 aromatic carbocycles. The van der Waals surface area contributed by atoms with Gasteiger partial charge in [0.15, 0.2) is 0 Å². The van der Waals surface area contributed by atoms with Crippen LogP contribution in [-0.4, -0.2) is 29.4 Å². The SMILES string of the molecule is NC1CCCCC1.O=C1NC(c2ccc(Cl)cc2Cl)Cc2ccccc21.O=CNCc1ccccc1C(=O)O. The molecule has 0 spiro atoms. The van der Waals surface area contributed by atoms with E-state index in [1.165, 1.54) is 38.2 Å². The van der Waals surface area contributed by atoms with Crippen LogP contribution in [0.25, 0.3) is 0 Å². The van der Waals surface area contributed by atoms with Crippen molar-refractivity contribution in [1.29, 1.82) is 0 Å². The molecule has 2 amide bonds. The molecule has 0 saturated heterocycles. The predicted molar refractivity (Wildman–Crippen MR) is 154 cm³/mol. The molecule has 1 unspecified atom stereocenters. The fraction of sp³-hybridized carbons (Fsp3) is 0.300. The van der Waals surface area contributed by atoms with Crippen molar-refractivity contribution in [3.05, 3.63) is 105 Å². The smallest absolute Gasteiger partial charge is 0.336 e. The van der Waals surface area contributed by atoms with E-state index in [0.29, 0.717) is 28.1 Å². The number of fused-ring (bicyclic) bond motifs is 1. The molecule has 1 saturated carbocycles. The van der Waals surface area contributed by atoms with Crippen LogP contribution in [0.4, 0.5) is 0 Å². The minimum atomic E-state index is -0.983. The Morgan fingerprint density at radius 2 is 1.72 bits per heavy atom. The molecule has 2 aliphatic rings. The predicted octanol–water partition coefficient (Wildman–Crippen LogP) is 5.93. The van der Waals surface area contributed by atoms with Crippen LogP contribution in [0.15, 0.2) is 66.7 Å². The molecule has 0 bridgehead atoms. The molecule has 1 aliphatic carbocycles. The van der Waals surface area contributed by atoms with Crippen molar-refractivity contribution in [3.63, 3.8) is 0 Å². The summed E-state index contributed by atoms with van der Waals surface area (Å²) in [6.45, 7) is 0.242. The number of carbonyl (C=O) groups is 3. The Balaban J connectivity index is 0.000000181. The van der Waals surface area contributed by atoms with Gasteiger partial charge in [-0.15, -0.1) is 0 Å². The van der Waals surface area contributed by atoms with Gasteiger partial charge in [-0.3, -0.25) is 9.59 Å². The van der Waals surface area contributed by atoms with Crippen LogP contribution in [0.1, 0.15) is 75.6 Å².